The Morgan fingerprint density at radius 1 is 1.28 bits per heavy atom. The van der Waals surface area contributed by atoms with E-state index in [1.165, 1.54) is 22.1 Å². The van der Waals surface area contributed by atoms with Crippen LogP contribution in [0.3, 0.4) is 0 Å². The summed E-state index contributed by atoms with van der Waals surface area (Å²) in [5, 5.41) is 9.59. The van der Waals surface area contributed by atoms with Gasteiger partial charge in [0.25, 0.3) is 5.91 Å². The number of nitrogens with zero attached hydrogens (tertiary/aromatic N) is 2. The predicted octanol–water partition coefficient (Wildman–Crippen LogP) is 1.84. The van der Waals surface area contributed by atoms with Gasteiger partial charge in [0.05, 0.1) is 10.8 Å². The number of carbonyl (C=O) groups excluding carboxylic acids is 1. The van der Waals surface area contributed by atoms with E-state index in [0.717, 1.165) is 9.22 Å². The lowest BCUT2D eigenvalue weighted by atomic mass is 10.2. The molecule has 0 atom stereocenters. The highest BCUT2D eigenvalue weighted by Crippen LogP contribution is 2.34. The number of rotatable bonds is 8. The Balaban J connectivity index is 1.88. The molecule has 0 fully saturated rings. The van der Waals surface area contributed by atoms with Crippen LogP contribution in [0.1, 0.15) is 0 Å². The van der Waals surface area contributed by atoms with E-state index < -0.39 is 5.91 Å². The summed E-state index contributed by atoms with van der Waals surface area (Å²) in [6.45, 7) is 0.289. The summed E-state index contributed by atoms with van der Waals surface area (Å²) in [6.07, 6.45) is 1.47. The molecular formula is C16H21N5O2S2. The average Bonchev–Trinajstić information content (AvgIpc) is 3.03. The summed E-state index contributed by atoms with van der Waals surface area (Å²) < 4.78 is 3.13. The first-order chi connectivity index (χ1) is 12.0. The minimum absolute atomic E-state index is 0.181. The topological polar surface area (TPSA) is 108 Å². The van der Waals surface area contributed by atoms with E-state index in [2.05, 4.69) is 24.3 Å². The van der Waals surface area contributed by atoms with Crippen LogP contribution in [0.15, 0.2) is 58.6 Å². The first kappa shape index (κ1) is 19.3. The third-order valence-corrected chi connectivity index (χ3v) is 5.23. The molecular weight excluding hydrogens is 358 g/mol. The normalized spacial score (nSPS) is 11.6. The van der Waals surface area contributed by atoms with E-state index >= 15 is 0 Å². The molecule has 0 spiro atoms. The van der Waals surface area contributed by atoms with Gasteiger partial charge >= 0.3 is 0 Å². The molecule has 9 heteroatoms. The van der Waals surface area contributed by atoms with Crippen molar-refractivity contribution in [3.8, 4) is 10.4 Å². The number of hydrogen-bond acceptors (Lipinski definition) is 8. The van der Waals surface area contributed by atoms with E-state index in [-0.39, 0.29) is 6.54 Å². The third kappa shape index (κ3) is 6.40. The molecule has 6 N–H and O–H groups in total. The number of carbonyl (C=O) groups is 1. The second kappa shape index (κ2) is 9.44. The fourth-order valence-corrected chi connectivity index (χ4v) is 4.26. The average molecular weight is 380 g/mol. The van der Waals surface area contributed by atoms with E-state index in [1.54, 1.807) is 23.3 Å². The molecule has 0 unspecified atom stereocenters. The molecule has 1 aromatic carbocycles. The number of likely N-dealkylation sites (N-methyl/N-ethyl adjacent to an activating group) is 1. The van der Waals surface area contributed by atoms with Crippen molar-refractivity contribution in [3.63, 3.8) is 0 Å². The van der Waals surface area contributed by atoms with Crippen molar-refractivity contribution in [1.82, 2.24) is 14.8 Å². The summed E-state index contributed by atoms with van der Waals surface area (Å²) in [5.74, 6) is 5.02. The molecule has 7 nitrogen and oxygen atoms in total. The molecule has 134 valence electrons. The Morgan fingerprint density at radius 3 is 2.68 bits per heavy atom. The van der Waals surface area contributed by atoms with Crippen molar-refractivity contribution in [2.45, 2.75) is 4.21 Å². The highest BCUT2D eigenvalue weighted by Gasteiger charge is 2.08. The largest absolute Gasteiger partial charge is 0.400 e. The summed E-state index contributed by atoms with van der Waals surface area (Å²) in [7, 11) is 1.93. The van der Waals surface area contributed by atoms with Crippen LogP contribution < -0.4 is 17.1 Å². The molecule has 0 bridgehead atoms. The molecule has 1 aromatic heterocycles. The lowest BCUT2D eigenvalue weighted by molar-refractivity contribution is -0.129. The summed E-state index contributed by atoms with van der Waals surface area (Å²) in [5.41, 5.74) is 9.15. The molecule has 25 heavy (non-hydrogen) atoms. The monoisotopic (exact) mass is 379 g/mol. The van der Waals surface area contributed by atoms with Crippen molar-refractivity contribution in [3.05, 3.63) is 54.4 Å². The molecule has 2 aromatic rings. The van der Waals surface area contributed by atoms with Gasteiger partial charge in [-0.1, -0.05) is 30.3 Å². The van der Waals surface area contributed by atoms with Crippen molar-refractivity contribution in [2.24, 2.45) is 11.6 Å². The maximum absolute atomic E-state index is 11.0. The fraction of sp³-hybridized carbons (Fsp3) is 0.188. The zero-order chi connectivity index (χ0) is 18.2. The number of thiophene rings is 1. The second-order valence-corrected chi connectivity index (χ2v) is 7.86. The SMILES string of the molecule is CN(C/C(N)=C/N(N)CC(=O)NO)Sc1ccc(-c2ccccc2)s1. The Morgan fingerprint density at radius 2 is 2.00 bits per heavy atom. The van der Waals surface area contributed by atoms with Crippen LogP contribution >= 0.6 is 23.3 Å². The van der Waals surface area contributed by atoms with Crippen LogP contribution in [-0.4, -0.2) is 40.6 Å². The quantitative estimate of drug-likeness (QED) is 0.240. The number of benzene rings is 1. The Kier molecular flexibility index (Phi) is 7.29. The number of hydrogen-bond donors (Lipinski definition) is 4. The summed E-state index contributed by atoms with van der Waals surface area (Å²) >= 11 is 3.30. The van der Waals surface area contributed by atoms with Crippen LogP contribution in [0.5, 0.6) is 0 Å². The zero-order valence-electron chi connectivity index (χ0n) is 13.8. The van der Waals surface area contributed by atoms with Gasteiger partial charge in [-0.3, -0.25) is 10.0 Å². The third-order valence-electron chi connectivity index (χ3n) is 3.07. The van der Waals surface area contributed by atoms with Gasteiger partial charge in [-0.05, 0) is 36.7 Å². The minimum atomic E-state index is -0.610. The van der Waals surface area contributed by atoms with E-state index in [0.29, 0.717) is 12.2 Å². The molecule has 0 aliphatic rings. The van der Waals surface area contributed by atoms with E-state index in [4.69, 9.17) is 16.8 Å². The zero-order valence-corrected chi connectivity index (χ0v) is 15.4. The van der Waals surface area contributed by atoms with Gasteiger partial charge in [0.1, 0.15) is 6.54 Å². The standard InChI is InChI=1S/C16H21N5O2S2/c1-20(9-13(17)10-21(18)11-15(22)19-23)25-16-8-7-14(24-16)12-5-3-2-4-6-12/h2-8,10,23H,9,11,17-18H2,1H3,(H,19,22)/b13-10-. The highest BCUT2D eigenvalue weighted by molar-refractivity contribution is 7.99. The van der Waals surface area contributed by atoms with Crippen LogP contribution in [-0.2, 0) is 4.79 Å². The Labute approximate surface area is 155 Å². The number of hydrazine groups is 1. The number of amides is 1. The fourth-order valence-electron chi connectivity index (χ4n) is 2.07. The van der Waals surface area contributed by atoms with Crippen LogP contribution in [0.2, 0.25) is 0 Å². The Hall–Kier alpha value is -2.04. The summed E-state index contributed by atoms with van der Waals surface area (Å²) in [6, 6.07) is 14.4. The molecule has 0 aliphatic carbocycles. The lowest BCUT2D eigenvalue weighted by Gasteiger charge is -2.17. The summed E-state index contributed by atoms with van der Waals surface area (Å²) in [4.78, 5) is 12.2. The molecule has 0 saturated heterocycles. The van der Waals surface area contributed by atoms with Crippen molar-refractivity contribution in [1.29, 1.82) is 0 Å². The van der Waals surface area contributed by atoms with Gasteiger partial charge in [0.2, 0.25) is 0 Å². The molecule has 2 rings (SSSR count). The number of hydroxylamine groups is 1. The van der Waals surface area contributed by atoms with E-state index in [1.807, 2.05) is 29.6 Å². The van der Waals surface area contributed by atoms with Gasteiger partial charge in [0, 0.05) is 16.8 Å². The highest BCUT2D eigenvalue weighted by atomic mass is 32.2. The predicted molar refractivity (Wildman–Crippen MR) is 101 cm³/mol. The van der Waals surface area contributed by atoms with Crippen LogP contribution in [0.4, 0.5) is 0 Å². The molecule has 1 heterocycles. The molecule has 1 amide bonds. The molecule has 0 aliphatic heterocycles. The Bertz CT molecular complexity index is 720. The van der Waals surface area contributed by atoms with Crippen LogP contribution in [0, 0.1) is 0 Å². The van der Waals surface area contributed by atoms with Gasteiger partial charge in [-0.25, -0.2) is 15.6 Å². The second-order valence-electron chi connectivity index (χ2n) is 5.27. The number of nitrogens with two attached hydrogens (primary N) is 2. The van der Waals surface area contributed by atoms with Crippen molar-refractivity contribution < 1.29 is 10.0 Å². The van der Waals surface area contributed by atoms with Gasteiger partial charge in [-0.2, -0.15) is 0 Å². The van der Waals surface area contributed by atoms with Gasteiger partial charge < -0.3 is 10.7 Å². The van der Waals surface area contributed by atoms with Crippen molar-refractivity contribution >= 4 is 29.2 Å². The first-order valence-electron chi connectivity index (χ1n) is 7.42. The minimum Gasteiger partial charge on any atom is -0.400 e. The molecule has 0 radical (unpaired) electrons. The lowest BCUT2D eigenvalue weighted by Crippen LogP contribution is -2.37. The smallest absolute Gasteiger partial charge is 0.264 e. The van der Waals surface area contributed by atoms with E-state index in [9.17, 15) is 4.79 Å². The molecule has 0 saturated carbocycles. The first-order valence-corrected chi connectivity index (χ1v) is 9.01. The maximum atomic E-state index is 11.0. The maximum Gasteiger partial charge on any atom is 0.264 e. The van der Waals surface area contributed by atoms with Crippen molar-refractivity contribution in [2.75, 3.05) is 20.1 Å². The number of nitrogens with one attached hydrogen (secondary N) is 1. The van der Waals surface area contributed by atoms with Gasteiger partial charge in [0.15, 0.2) is 0 Å². The van der Waals surface area contributed by atoms with Crippen LogP contribution in [0.25, 0.3) is 10.4 Å². The van der Waals surface area contributed by atoms with Gasteiger partial charge in [-0.15, -0.1) is 11.3 Å².